The van der Waals surface area contributed by atoms with Gasteiger partial charge in [0.05, 0.1) is 6.10 Å². The summed E-state index contributed by atoms with van der Waals surface area (Å²) in [6.45, 7) is 6.98. The minimum absolute atomic E-state index is 0.0893. The van der Waals surface area contributed by atoms with Gasteiger partial charge in [-0.2, -0.15) is 0 Å². The normalized spacial score (nSPS) is 54.3. The van der Waals surface area contributed by atoms with Gasteiger partial charge in [-0.15, -0.1) is 0 Å². The highest BCUT2D eigenvalue weighted by molar-refractivity contribution is 5.91. The maximum Gasteiger partial charge on any atom is 0.155 e. The number of carbonyl (C=O) groups is 1. The molecule has 2 heteroatoms. The van der Waals surface area contributed by atoms with E-state index < -0.39 is 0 Å². The molecule has 0 aliphatic heterocycles. The van der Waals surface area contributed by atoms with Gasteiger partial charge in [-0.25, -0.2) is 0 Å². The first-order valence-corrected chi connectivity index (χ1v) is 9.27. The van der Waals surface area contributed by atoms with Crippen molar-refractivity contribution >= 4 is 5.78 Å². The summed E-state index contributed by atoms with van der Waals surface area (Å²) in [6.07, 6.45) is 9.71. The summed E-state index contributed by atoms with van der Waals surface area (Å²) in [7, 11) is 0. The van der Waals surface area contributed by atoms with Crippen LogP contribution in [0.3, 0.4) is 0 Å². The number of hydrogen-bond acceptors (Lipinski definition) is 2. The van der Waals surface area contributed by atoms with E-state index in [1.54, 1.807) is 0 Å². The van der Waals surface area contributed by atoms with Crippen LogP contribution in [0.2, 0.25) is 0 Å². The molecule has 0 aromatic carbocycles. The van der Waals surface area contributed by atoms with Gasteiger partial charge in [0.2, 0.25) is 0 Å². The Morgan fingerprint density at radius 3 is 2.64 bits per heavy atom. The Labute approximate surface area is 134 Å². The molecule has 0 radical (unpaired) electrons. The van der Waals surface area contributed by atoms with Crippen LogP contribution < -0.4 is 0 Å². The van der Waals surface area contributed by atoms with Gasteiger partial charge in [0.15, 0.2) is 5.78 Å². The lowest BCUT2D eigenvalue weighted by atomic mass is 9.45. The average molecular weight is 302 g/mol. The van der Waals surface area contributed by atoms with Gasteiger partial charge in [-0.05, 0) is 86.0 Å². The maximum atomic E-state index is 12.0. The Bertz CT molecular complexity index is 536. The number of fused-ring (bicyclic) bond motifs is 5. The molecule has 0 amide bonds. The second-order valence-corrected chi connectivity index (χ2v) is 9.07. The molecule has 3 fully saturated rings. The standard InChI is InChI=1S/C20H30O2/c1-12-10-14(21)11-13-4-5-15-16-6-7-18(22)19(16,2)9-8-17(15)20(12,13)3/h10,13,15-18,22H,4-9,11H2,1-3H3/t13-,15-,16-,17-,18-,19+,20-/m0/s1. The van der Waals surface area contributed by atoms with Gasteiger partial charge in [-0.1, -0.05) is 19.4 Å². The lowest BCUT2D eigenvalue weighted by Gasteiger charge is -2.60. The number of aliphatic hydroxyl groups excluding tert-OH is 1. The van der Waals surface area contributed by atoms with Crippen LogP contribution in [0.5, 0.6) is 0 Å². The fourth-order valence-corrected chi connectivity index (χ4v) is 7.03. The van der Waals surface area contributed by atoms with Crippen LogP contribution in [0.1, 0.15) is 65.7 Å². The molecule has 7 atom stereocenters. The summed E-state index contributed by atoms with van der Waals surface area (Å²) < 4.78 is 0. The van der Waals surface area contributed by atoms with Crippen molar-refractivity contribution in [1.82, 2.24) is 0 Å². The van der Waals surface area contributed by atoms with Gasteiger partial charge in [0.25, 0.3) is 0 Å². The lowest BCUT2D eigenvalue weighted by molar-refractivity contribution is -0.125. The Morgan fingerprint density at radius 1 is 1.09 bits per heavy atom. The third-order valence-electron chi connectivity index (χ3n) is 8.53. The third kappa shape index (κ3) is 1.74. The van der Waals surface area contributed by atoms with E-state index in [0.29, 0.717) is 17.6 Å². The average Bonchev–Trinajstić information content (AvgIpc) is 2.77. The topological polar surface area (TPSA) is 37.3 Å². The van der Waals surface area contributed by atoms with Crippen molar-refractivity contribution in [2.75, 3.05) is 0 Å². The van der Waals surface area contributed by atoms with Crippen LogP contribution in [0, 0.1) is 34.5 Å². The summed E-state index contributed by atoms with van der Waals surface area (Å²) >= 11 is 0. The molecule has 0 bridgehead atoms. The van der Waals surface area contributed by atoms with E-state index in [4.69, 9.17) is 0 Å². The number of ketones is 1. The molecule has 0 saturated heterocycles. The number of hydrogen-bond donors (Lipinski definition) is 1. The molecule has 2 nitrogen and oxygen atoms in total. The SMILES string of the molecule is CC1=CC(=O)C[C@@H]2CC[C@H]3[C@@H]4CC[C@H](O)[C@]4(C)CC[C@@H]3[C@@]12C. The number of allylic oxidation sites excluding steroid dienone is 2. The highest BCUT2D eigenvalue weighted by Crippen LogP contribution is 2.66. The summed E-state index contributed by atoms with van der Waals surface area (Å²) in [5, 5.41) is 10.5. The monoisotopic (exact) mass is 302 g/mol. The van der Waals surface area contributed by atoms with Crippen LogP contribution in [0.25, 0.3) is 0 Å². The highest BCUT2D eigenvalue weighted by Gasteiger charge is 2.60. The number of carbonyl (C=O) groups excluding carboxylic acids is 1. The predicted molar refractivity (Wildman–Crippen MR) is 87.3 cm³/mol. The van der Waals surface area contributed by atoms with Crippen molar-refractivity contribution in [3.8, 4) is 0 Å². The van der Waals surface area contributed by atoms with Crippen molar-refractivity contribution in [1.29, 1.82) is 0 Å². The van der Waals surface area contributed by atoms with E-state index in [1.807, 2.05) is 6.08 Å². The van der Waals surface area contributed by atoms with Crippen LogP contribution >= 0.6 is 0 Å². The zero-order valence-corrected chi connectivity index (χ0v) is 14.3. The molecule has 0 aromatic rings. The first-order valence-electron chi connectivity index (χ1n) is 9.27. The number of rotatable bonds is 0. The van der Waals surface area contributed by atoms with Gasteiger partial charge in [-0.3, -0.25) is 4.79 Å². The Hall–Kier alpha value is -0.630. The molecule has 0 unspecified atom stereocenters. The third-order valence-corrected chi connectivity index (χ3v) is 8.53. The Morgan fingerprint density at radius 2 is 1.86 bits per heavy atom. The fourth-order valence-electron chi connectivity index (χ4n) is 7.03. The summed E-state index contributed by atoms with van der Waals surface area (Å²) in [6, 6.07) is 0. The zero-order chi connectivity index (χ0) is 15.7. The zero-order valence-electron chi connectivity index (χ0n) is 14.3. The molecule has 0 spiro atoms. The van der Waals surface area contributed by atoms with E-state index in [-0.39, 0.29) is 16.9 Å². The second-order valence-electron chi connectivity index (χ2n) is 9.07. The van der Waals surface area contributed by atoms with E-state index in [2.05, 4.69) is 20.8 Å². The van der Waals surface area contributed by atoms with Crippen LogP contribution in [-0.2, 0) is 4.79 Å². The van der Waals surface area contributed by atoms with Crippen molar-refractivity contribution in [3.63, 3.8) is 0 Å². The molecular formula is C20H30O2. The number of aliphatic hydroxyl groups is 1. The first kappa shape index (κ1) is 14.9. The van der Waals surface area contributed by atoms with Crippen LogP contribution in [0.15, 0.2) is 11.6 Å². The largest absolute Gasteiger partial charge is 0.393 e. The molecule has 0 heterocycles. The molecule has 4 rings (SSSR count). The van der Waals surface area contributed by atoms with Crippen molar-refractivity contribution < 1.29 is 9.90 Å². The Balaban J connectivity index is 1.72. The molecular weight excluding hydrogens is 272 g/mol. The van der Waals surface area contributed by atoms with Gasteiger partial charge < -0.3 is 5.11 Å². The summed E-state index contributed by atoms with van der Waals surface area (Å²) in [4.78, 5) is 12.0. The summed E-state index contributed by atoms with van der Waals surface area (Å²) in [5.74, 6) is 3.08. The minimum atomic E-state index is -0.0893. The van der Waals surface area contributed by atoms with E-state index in [1.165, 1.54) is 37.7 Å². The lowest BCUT2D eigenvalue weighted by Crippen LogP contribution is -2.54. The molecule has 1 N–H and O–H groups in total. The highest BCUT2D eigenvalue weighted by atomic mass is 16.3. The Kier molecular flexibility index (Phi) is 3.18. The van der Waals surface area contributed by atoms with Gasteiger partial charge >= 0.3 is 0 Å². The van der Waals surface area contributed by atoms with Crippen molar-refractivity contribution in [2.24, 2.45) is 34.5 Å². The fraction of sp³-hybridized carbons (Fsp3) is 0.850. The first-order chi connectivity index (χ1) is 10.4. The second kappa shape index (κ2) is 4.69. The summed E-state index contributed by atoms with van der Waals surface area (Å²) in [5.41, 5.74) is 1.73. The predicted octanol–water partition coefficient (Wildman–Crippen LogP) is 4.13. The molecule has 122 valence electrons. The van der Waals surface area contributed by atoms with Crippen molar-refractivity contribution in [2.45, 2.75) is 71.8 Å². The van der Waals surface area contributed by atoms with E-state index in [9.17, 15) is 9.90 Å². The molecule has 4 aliphatic carbocycles. The van der Waals surface area contributed by atoms with Crippen molar-refractivity contribution in [3.05, 3.63) is 11.6 Å². The van der Waals surface area contributed by atoms with Crippen LogP contribution in [-0.4, -0.2) is 17.0 Å². The smallest absolute Gasteiger partial charge is 0.155 e. The van der Waals surface area contributed by atoms with E-state index >= 15 is 0 Å². The maximum absolute atomic E-state index is 12.0. The van der Waals surface area contributed by atoms with E-state index in [0.717, 1.165) is 24.7 Å². The molecule has 22 heavy (non-hydrogen) atoms. The quantitative estimate of drug-likeness (QED) is 0.730. The molecule has 3 saturated carbocycles. The minimum Gasteiger partial charge on any atom is -0.393 e. The van der Waals surface area contributed by atoms with Gasteiger partial charge in [0, 0.05) is 6.42 Å². The van der Waals surface area contributed by atoms with Gasteiger partial charge in [0.1, 0.15) is 0 Å². The molecule has 4 aliphatic rings. The molecule has 0 aromatic heterocycles. The van der Waals surface area contributed by atoms with Crippen LogP contribution in [0.4, 0.5) is 0 Å².